The Hall–Kier alpha value is 0.317. The summed E-state index contributed by atoms with van der Waals surface area (Å²) < 4.78 is 5.80. The summed E-state index contributed by atoms with van der Waals surface area (Å²) in [4.78, 5) is -0.399. The van der Waals surface area contributed by atoms with Crippen LogP contribution in [0.2, 0.25) is 13.1 Å². The van der Waals surface area contributed by atoms with E-state index >= 15 is 0 Å². The highest BCUT2D eigenvalue weighted by atomic mass is 35.5. The number of hydrogen-bond donors (Lipinski definition) is 0. The molecule has 0 aromatic heterocycles. The monoisotopic (exact) mass is 321 g/mol. The minimum Gasteiger partial charge on any atom is -0.412 e. The van der Waals surface area contributed by atoms with Crippen LogP contribution >= 0.6 is 23.2 Å². The molecule has 0 heterocycles. The molecule has 0 aliphatic rings. The van der Waals surface area contributed by atoms with Crippen molar-refractivity contribution in [2.45, 2.75) is 82.3 Å². The van der Waals surface area contributed by atoms with Crippen molar-refractivity contribution in [2.24, 2.45) is 0 Å². The molecule has 4 heteroatoms. The standard InChI is InChI=1S/C15H27Cl2OSi/c1-4-5-6-7-8-9-10-11-12-13-14(15(16)17)18-19(2)3/h14-15H,4,7-13H2,1-3H3. The number of unbranched alkanes of at least 4 members (excludes halogenated alkanes) is 5. The van der Waals surface area contributed by atoms with E-state index in [1.54, 1.807) is 0 Å². The van der Waals surface area contributed by atoms with Gasteiger partial charge >= 0.3 is 0 Å². The van der Waals surface area contributed by atoms with Crippen LogP contribution in [0.5, 0.6) is 0 Å². The SMILES string of the molecule is CCC#CCCCCCCCC(O[Si](C)C)C(Cl)Cl. The maximum absolute atomic E-state index is 5.94. The summed E-state index contributed by atoms with van der Waals surface area (Å²) in [6.45, 7) is 6.32. The Morgan fingerprint density at radius 3 is 2.21 bits per heavy atom. The van der Waals surface area contributed by atoms with Crippen molar-refractivity contribution in [3.8, 4) is 11.8 Å². The van der Waals surface area contributed by atoms with Crippen molar-refractivity contribution >= 4 is 32.2 Å². The Labute approximate surface area is 131 Å². The third-order valence-electron chi connectivity index (χ3n) is 2.76. The van der Waals surface area contributed by atoms with Crippen molar-refractivity contribution in [2.75, 3.05) is 0 Å². The van der Waals surface area contributed by atoms with Gasteiger partial charge < -0.3 is 4.43 Å². The molecular formula is C15H27Cl2OSi. The highest BCUT2D eigenvalue weighted by molar-refractivity contribution is 6.49. The third-order valence-corrected chi connectivity index (χ3v) is 4.10. The lowest BCUT2D eigenvalue weighted by molar-refractivity contribution is 0.203. The van der Waals surface area contributed by atoms with Crippen LogP contribution < -0.4 is 0 Å². The van der Waals surface area contributed by atoms with Crippen LogP contribution in [-0.2, 0) is 4.43 Å². The highest BCUT2D eigenvalue weighted by Gasteiger charge is 2.18. The highest BCUT2D eigenvalue weighted by Crippen LogP contribution is 2.19. The van der Waals surface area contributed by atoms with Crippen LogP contribution in [0.4, 0.5) is 0 Å². The van der Waals surface area contributed by atoms with Crippen LogP contribution in [-0.4, -0.2) is 20.0 Å². The van der Waals surface area contributed by atoms with Gasteiger partial charge in [-0.1, -0.05) is 32.6 Å². The zero-order valence-electron chi connectivity index (χ0n) is 12.5. The van der Waals surface area contributed by atoms with Crippen molar-refractivity contribution < 1.29 is 4.43 Å². The molecule has 0 spiro atoms. The van der Waals surface area contributed by atoms with Crippen molar-refractivity contribution in [3.05, 3.63) is 0 Å². The van der Waals surface area contributed by atoms with E-state index < -0.39 is 13.9 Å². The molecular weight excluding hydrogens is 295 g/mol. The Morgan fingerprint density at radius 1 is 1.00 bits per heavy atom. The first kappa shape index (κ1) is 19.3. The molecule has 19 heavy (non-hydrogen) atoms. The molecule has 1 atom stereocenters. The molecule has 0 aliphatic heterocycles. The topological polar surface area (TPSA) is 9.23 Å². The first-order valence-corrected chi connectivity index (χ1v) is 10.6. The predicted octanol–water partition coefficient (Wildman–Crippen LogP) is 5.57. The number of hydrogen-bond acceptors (Lipinski definition) is 1. The maximum atomic E-state index is 5.94. The van der Waals surface area contributed by atoms with Gasteiger partial charge in [-0.2, -0.15) is 0 Å². The lowest BCUT2D eigenvalue weighted by atomic mass is 10.1. The smallest absolute Gasteiger partial charge is 0.205 e. The van der Waals surface area contributed by atoms with Crippen molar-refractivity contribution in [1.29, 1.82) is 0 Å². The lowest BCUT2D eigenvalue weighted by Crippen LogP contribution is -2.26. The van der Waals surface area contributed by atoms with Gasteiger partial charge in [-0.3, -0.25) is 0 Å². The molecule has 1 radical (unpaired) electrons. The zero-order valence-corrected chi connectivity index (χ0v) is 15.0. The summed E-state index contributed by atoms with van der Waals surface area (Å²) in [5.74, 6) is 6.28. The maximum Gasteiger partial charge on any atom is 0.205 e. The second-order valence-electron chi connectivity index (χ2n) is 4.91. The molecule has 0 bridgehead atoms. The van der Waals surface area contributed by atoms with Crippen LogP contribution in [0.15, 0.2) is 0 Å². The van der Waals surface area contributed by atoms with E-state index in [4.69, 9.17) is 27.6 Å². The second kappa shape index (κ2) is 13.3. The van der Waals surface area contributed by atoms with Crippen LogP contribution in [0.1, 0.15) is 58.3 Å². The average Bonchev–Trinajstić information content (AvgIpc) is 2.34. The Kier molecular flexibility index (Phi) is 13.5. The molecule has 111 valence electrons. The molecule has 0 rings (SSSR count). The zero-order chi connectivity index (χ0) is 14.5. The minimum atomic E-state index is -0.721. The van der Waals surface area contributed by atoms with Gasteiger partial charge in [0.2, 0.25) is 9.04 Å². The fourth-order valence-corrected chi connectivity index (χ4v) is 3.23. The van der Waals surface area contributed by atoms with Gasteiger partial charge in [0.1, 0.15) is 4.84 Å². The Morgan fingerprint density at radius 2 is 1.63 bits per heavy atom. The normalized spacial score (nSPS) is 12.6. The Balaban J connectivity index is 3.50. The van der Waals surface area contributed by atoms with E-state index in [0.29, 0.717) is 0 Å². The molecule has 0 saturated heterocycles. The van der Waals surface area contributed by atoms with E-state index in [0.717, 1.165) is 25.7 Å². The predicted molar refractivity (Wildman–Crippen MR) is 88.2 cm³/mol. The largest absolute Gasteiger partial charge is 0.412 e. The number of alkyl halides is 2. The molecule has 1 unspecified atom stereocenters. The van der Waals surface area contributed by atoms with Crippen LogP contribution in [0.3, 0.4) is 0 Å². The molecule has 1 nitrogen and oxygen atoms in total. The molecule has 0 aliphatic carbocycles. The summed E-state index contributed by atoms with van der Waals surface area (Å²) in [6, 6.07) is 0. The summed E-state index contributed by atoms with van der Waals surface area (Å²) in [7, 11) is -0.721. The summed E-state index contributed by atoms with van der Waals surface area (Å²) in [6.07, 6.45) is 9.15. The fourth-order valence-electron chi connectivity index (χ4n) is 1.84. The summed E-state index contributed by atoms with van der Waals surface area (Å²) in [5, 5.41) is 0. The van der Waals surface area contributed by atoms with Crippen LogP contribution in [0, 0.1) is 11.8 Å². The van der Waals surface area contributed by atoms with Crippen LogP contribution in [0.25, 0.3) is 0 Å². The van der Waals surface area contributed by atoms with Gasteiger partial charge in [-0.25, -0.2) is 0 Å². The molecule has 0 N–H and O–H groups in total. The van der Waals surface area contributed by atoms with Crippen molar-refractivity contribution in [1.82, 2.24) is 0 Å². The van der Waals surface area contributed by atoms with Gasteiger partial charge in [0, 0.05) is 12.8 Å². The molecule has 0 saturated carbocycles. The Bertz CT molecular complexity index is 259. The number of rotatable bonds is 10. The van der Waals surface area contributed by atoms with Gasteiger partial charge in [0.15, 0.2) is 0 Å². The van der Waals surface area contributed by atoms with E-state index in [2.05, 4.69) is 31.9 Å². The molecule has 0 aromatic rings. The summed E-state index contributed by atoms with van der Waals surface area (Å²) >= 11 is 11.9. The van der Waals surface area contributed by atoms with Crippen molar-refractivity contribution in [3.63, 3.8) is 0 Å². The first-order chi connectivity index (χ1) is 9.07. The van der Waals surface area contributed by atoms with Gasteiger partial charge in [0.25, 0.3) is 0 Å². The van der Waals surface area contributed by atoms with Gasteiger partial charge in [0.05, 0.1) is 6.10 Å². The summed E-state index contributed by atoms with van der Waals surface area (Å²) in [5.41, 5.74) is 0. The van der Waals surface area contributed by atoms with Gasteiger partial charge in [-0.05, 0) is 25.9 Å². The first-order valence-electron chi connectivity index (χ1n) is 7.28. The molecule has 0 amide bonds. The second-order valence-corrected chi connectivity index (χ2v) is 8.13. The average molecular weight is 322 g/mol. The van der Waals surface area contributed by atoms with E-state index in [1.165, 1.54) is 25.7 Å². The minimum absolute atomic E-state index is 0.0163. The van der Waals surface area contributed by atoms with E-state index in [-0.39, 0.29) is 6.10 Å². The fraction of sp³-hybridized carbons (Fsp3) is 0.867. The van der Waals surface area contributed by atoms with E-state index in [1.807, 2.05) is 0 Å². The van der Waals surface area contributed by atoms with Gasteiger partial charge in [-0.15, -0.1) is 35.0 Å². The lowest BCUT2D eigenvalue weighted by Gasteiger charge is -2.20. The van der Waals surface area contributed by atoms with E-state index in [9.17, 15) is 0 Å². The molecule has 0 fully saturated rings. The number of halogens is 2. The molecule has 0 aromatic carbocycles. The third kappa shape index (κ3) is 13.1. The quantitative estimate of drug-likeness (QED) is 0.221.